The maximum Gasteiger partial charge on any atom is 0.345 e. The molecule has 19 heavy (non-hydrogen) atoms. The molecule has 0 rings (SSSR count). The third-order valence-corrected chi connectivity index (χ3v) is 2.04. The van der Waals surface area contributed by atoms with Crippen LogP contribution in [0.4, 0.5) is 0 Å². The van der Waals surface area contributed by atoms with Crippen molar-refractivity contribution in [3.05, 3.63) is 34.9 Å². The molecule has 0 saturated heterocycles. The molecular weight excluding hydrogens is 244 g/mol. The first-order valence-electron chi connectivity index (χ1n) is 6.30. The van der Waals surface area contributed by atoms with E-state index in [1.54, 1.807) is 20.8 Å². The Bertz CT molecular complexity index is 390. The first kappa shape index (κ1) is 17.2. The van der Waals surface area contributed by atoms with E-state index in [0.717, 1.165) is 11.1 Å². The van der Waals surface area contributed by atoms with Crippen molar-refractivity contribution in [2.24, 2.45) is 0 Å². The van der Waals surface area contributed by atoms with Crippen LogP contribution in [0.25, 0.3) is 0 Å². The number of esters is 2. The van der Waals surface area contributed by atoms with Crippen LogP contribution in [0.5, 0.6) is 0 Å². The van der Waals surface area contributed by atoms with Gasteiger partial charge in [0.15, 0.2) is 0 Å². The van der Waals surface area contributed by atoms with Crippen LogP contribution >= 0.6 is 0 Å². The normalized spacial score (nSPS) is 10.5. The van der Waals surface area contributed by atoms with Crippen LogP contribution in [0.1, 0.15) is 34.6 Å². The number of allylic oxidation sites excluding steroid dienone is 5. The van der Waals surface area contributed by atoms with Crippen LogP contribution in [0.2, 0.25) is 0 Å². The lowest BCUT2D eigenvalue weighted by Gasteiger charge is -2.06. The van der Waals surface area contributed by atoms with Crippen LogP contribution < -0.4 is 0 Å². The van der Waals surface area contributed by atoms with Gasteiger partial charge in [-0.05, 0) is 40.7 Å². The van der Waals surface area contributed by atoms with Gasteiger partial charge < -0.3 is 9.47 Å². The van der Waals surface area contributed by atoms with Crippen LogP contribution in [0.15, 0.2) is 34.9 Å². The average molecular weight is 266 g/mol. The van der Waals surface area contributed by atoms with Crippen molar-refractivity contribution in [1.29, 1.82) is 0 Å². The summed E-state index contributed by atoms with van der Waals surface area (Å²) in [5, 5.41) is 0. The van der Waals surface area contributed by atoms with E-state index < -0.39 is 11.9 Å². The predicted octanol–water partition coefficient (Wildman–Crippen LogP) is 2.95. The number of ether oxygens (including phenoxy) is 2. The molecule has 0 radical (unpaired) electrons. The molecule has 0 fully saturated rings. The summed E-state index contributed by atoms with van der Waals surface area (Å²) in [7, 11) is 0. The zero-order chi connectivity index (χ0) is 14.8. The number of rotatable bonds is 6. The summed E-state index contributed by atoms with van der Waals surface area (Å²) in [6.45, 7) is 9.53. The molecule has 4 nitrogen and oxygen atoms in total. The minimum atomic E-state index is -0.661. The highest BCUT2D eigenvalue weighted by Crippen LogP contribution is 2.08. The van der Waals surface area contributed by atoms with Crippen molar-refractivity contribution in [2.75, 3.05) is 13.2 Å². The summed E-state index contributed by atoms with van der Waals surface area (Å²) < 4.78 is 9.69. The monoisotopic (exact) mass is 266 g/mol. The molecule has 0 saturated carbocycles. The molecule has 0 aliphatic carbocycles. The molecular formula is C15H22O4. The quantitative estimate of drug-likeness (QED) is 0.244. The van der Waals surface area contributed by atoms with Gasteiger partial charge >= 0.3 is 11.9 Å². The van der Waals surface area contributed by atoms with E-state index in [0.29, 0.717) is 0 Å². The van der Waals surface area contributed by atoms with Crippen molar-refractivity contribution in [3.8, 4) is 0 Å². The molecule has 0 spiro atoms. The van der Waals surface area contributed by atoms with Crippen molar-refractivity contribution < 1.29 is 19.1 Å². The molecule has 0 atom stereocenters. The number of hydrogen-bond acceptors (Lipinski definition) is 4. The van der Waals surface area contributed by atoms with Gasteiger partial charge in [0, 0.05) is 0 Å². The van der Waals surface area contributed by atoms with E-state index in [1.807, 2.05) is 26.0 Å². The second kappa shape index (κ2) is 9.14. The molecule has 4 heteroatoms. The Balaban J connectivity index is 5.23. The molecule has 0 amide bonds. The second-order valence-electron chi connectivity index (χ2n) is 4.15. The van der Waals surface area contributed by atoms with Crippen molar-refractivity contribution in [3.63, 3.8) is 0 Å². The fourth-order valence-corrected chi connectivity index (χ4v) is 1.19. The molecule has 0 aliphatic heterocycles. The standard InChI is InChI=1S/C15H22O4/c1-6-18-14(16)13(15(17)19-7-2)10-12(5)9-8-11(3)4/h8-10H,6-7H2,1-5H3/b12-9+. The molecule has 0 bridgehead atoms. The summed E-state index contributed by atoms with van der Waals surface area (Å²) in [5.74, 6) is -1.32. The SMILES string of the molecule is CCOC(=O)C(=C/C(C)=C/C=C(C)C)C(=O)OCC. The van der Waals surface area contributed by atoms with Crippen LogP contribution in [0, 0.1) is 0 Å². The van der Waals surface area contributed by atoms with Crippen LogP contribution in [-0.4, -0.2) is 25.2 Å². The minimum absolute atomic E-state index is 0.0837. The third-order valence-electron chi connectivity index (χ3n) is 2.04. The van der Waals surface area contributed by atoms with Gasteiger partial charge in [0.05, 0.1) is 13.2 Å². The Kier molecular flexibility index (Phi) is 8.25. The Morgan fingerprint density at radius 3 is 1.74 bits per heavy atom. The zero-order valence-electron chi connectivity index (χ0n) is 12.3. The smallest absolute Gasteiger partial charge is 0.345 e. The van der Waals surface area contributed by atoms with Crippen molar-refractivity contribution in [2.45, 2.75) is 34.6 Å². The van der Waals surface area contributed by atoms with Crippen molar-refractivity contribution >= 4 is 11.9 Å². The summed E-state index contributed by atoms with van der Waals surface area (Å²) in [4.78, 5) is 23.4. The average Bonchev–Trinajstić information content (AvgIpc) is 2.33. The van der Waals surface area contributed by atoms with Crippen molar-refractivity contribution in [1.82, 2.24) is 0 Å². The zero-order valence-corrected chi connectivity index (χ0v) is 12.3. The highest BCUT2D eigenvalue weighted by Gasteiger charge is 2.20. The van der Waals surface area contributed by atoms with Gasteiger partial charge in [0.2, 0.25) is 0 Å². The second-order valence-corrected chi connectivity index (χ2v) is 4.15. The highest BCUT2D eigenvalue weighted by atomic mass is 16.6. The van der Waals surface area contributed by atoms with Gasteiger partial charge in [-0.25, -0.2) is 9.59 Å². The largest absolute Gasteiger partial charge is 0.462 e. The van der Waals surface area contributed by atoms with E-state index in [-0.39, 0.29) is 18.8 Å². The number of carbonyl (C=O) groups is 2. The Labute approximate surface area is 114 Å². The number of carbonyl (C=O) groups excluding carboxylic acids is 2. The summed E-state index contributed by atoms with van der Waals surface area (Å²) in [6.07, 6.45) is 5.21. The maximum atomic E-state index is 11.7. The van der Waals surface area contributed by atoms with Crippen LogP contribution in [-0.2, 0) is 19.1 Å². The van der Waals surface area contributed by atoms with E-state index in [2.05, 4.69) is 0 Å². The lowest BCUT2D eigenvalue weighted by Crippen LogP contribution is -2.18. The molecule has 0 unspecified atom stereocenters. The molecule has 0 aromatic carbocycles. The van der Waals surface area contributed by atoms with E-state index in [1.165, 1.54) is 6.08 Å². The van der Waals surface area contributed by atoms with Gasteiger partial charge in [-0.1, -0.05) is 23.3 Å². The van der Waals surface area contributed by atoms with E-state index >= 15 is 0 Å². The first-order valence-corrected chi connectivity index (χ1v) is 6.30. The van der Waals surface area contributed by atoms with Gasteiger partial charge in [-0.2, -0.15) is 0 Å². The molecule has 106 valence electrons. The number of hydrogen-bond donors (Lipinski definition) is 0. The first-order chi connectivity index (χ1) is 8.92. The van der Waals surface area contributed by atoms with E-state index in [4.69, 9.17) is 9.47 Å². The van der Waals surface area contributed by atoms with Gasteiger partial charge in [-0.3, -0.25) is 0 Å². The van der Waals surface area contributed by atoms with E-state index in [9.17, 15) is 9.59 Å². The summed E-state index contributed by atoms with van der Waals surface area (Å²) in [6, 6.07) is 0. The fourth-order valence-electron chi connectivity index (χ4n) is 1.19. The molecule has 0 N–H and O–H groups in total. The topological polar surface area (TPSA) is 52.6 Å². The fraction of sp³-hybridized carbons (Fsp3) is 0.467. The Morgan fingerprint density at radius 1 is 0.895 bits per heavy atom. The third kappa shape index (κ3) is 7.24. The lowest BCUT2D eigenvalue weighted by molar-refractivity contribution is -0.146. The Morgan fingerprint density at radius 2 is 1.37 bits per heavy atom. The van der Waals surface area contributed by atoms with Crippen LogP contribution in [0.3, 0.4) is 0 Å². The van der Waals surface area contributed by atoms with Gasteiger partial charge in [0.1, 0.15) is 5.57 Å². The van der Waals surface area contributed by atoms with Gasteiger partial charge in [-0.15, -0.1) is 0 Å². The minimum Gasteiger partial charge on any atom is -0.462 e. The predicted molar refractivity (Wildman–Crippen MR) is 74.5 cm³/mol. The lowest BCUT2D eigenvalue weighted by atomic mass is 10.1. The highest BCUT2D eigenvalue weighted by molar-refractivity contribution is 6.14. The molecule has 0 aromatic heterocycles. The molecule has 0 aliphatic rings. The molecule has 0 heterocycles. The molecule has 0 aromatic rings. The Hall–Kier alpha value is -1.84. The maximum absolute atomic E-state index is 11.7. The summed E-state index contributed by atoms with van der Waals surface area (Å²) >= 11 is 0. The summed E-state index contributed by atoms with van der Waals surface area (Å²) in [5.41, 5.74) is 1.82. The van der Waals surface area contributed by atoms with Gasteiger partial charge in [0.25, 0.3) is 0 Å².